The molecule has 3 rings (SSSR count). The van der Waals surface area contributed by atoms with Gasteiger partial charge in [0.2, 0.25) is 11.5 Å². The summed E-state index contributed by atoms with van der Waals surface area (Å²) in [4.78, 5) is 24.0. The lowest BCUT2D eigenvalue weighted by atomic mass is 10.0. The van der Waals surface area contributed by atoms with Crippen LogP contribution in [0.2, 0.25) is 0 Å². The summed E-state index contributed by atoms with van der Waals surface area (Å²) in [6.07, 6.45) is 2.30. The molecule has 2 aromatic carbocycles. The molecular formula is C17H13NO4. The first-order valence-corrected chi connectivity index (χ1v) is 6.66. The number of carbonyl (C=O) groups is 2. The number of carbonyl (C=O) groups excluding carboxylic acids is 2. The molecule has 5 nitrogen and oxygen atoms in total. The minimum Gasteiger partial charge on any atom is -0.461 e. The van der Waals surface area contributed by atoms with Crippen LogP contribution in [-0.2, 0) is 4.79 Å². The van der Waals surface area contributed by atoms with Gasteiger partial charge < -0.3 is 9.47 Å². The van der Waals surface area contributed by atoms with Gasteiger partial charge in [0, 0.05) is 6.08 Å². The number of Topliss-reactive ketones (excluding diaryl/α,β-unsaturated/α-hetero) is 1. The SMILES string of the molecule is NC1(/C=C/C(=O)Oc2ccccc2)Oc2ccccc2C1=O. The summed E-state index contributed by atoms with van der Waals surface area (Å²) >= 11 is 0. The third kappa shape index (κ3) is 2.62. The largest absolute Gasteiger partial charge is 0.461 e. The average molecular weight is 295 g/mol. The summed E-state index contributed by atoms with van der Waals surface area (Å²) in [5.41, 5.74) is 4.64. The van der Waals surface area contributed by atoms with E-state index in [2.05, 4.69) is 0 Å². The zero-order valence-electron chi connectivity index (χ0n) is 11.6. The van der Waals surface area contributed by atoms with Gasteiger partial charge in [-0.15, -0.1) is 0 Å². The molecule has 5 heteroatoms. The predicted octanol–water partition coefficient (Wildman–Crippen LogP) is 2.08. The number of para-hydroxylation sites is 2. The Morgan fingerprint density at radius 1 is 1.09 bits per heavy atom. The van der Waals surface area contributed by atoms with E-state index in [0.29, 0.717) is 17.1 Å². The first-order chi connectivity index (χ1) is 10.6. The van der Waals surface area contributed by atoms with Crippen molar-refractivity contribution >= 4 is 11.8 Å². The van der Waals surface area contributed by atoms with Gasteiger partial charge in [-0.1, -0.05) is 30.3 Å². The smallest absolute Gasteiger partial charge is 0.336 e. The minimum atomic E-state index is -1.68. The van der Waals surface area contributed by atoms with E-state index in [1.54, 1.807) is 48.5 Å². The van der Waals surface area contributed by atoms with Crippen molar-refractivity contribution in [2.75, 3.05) is 0 Å². The summed E-state index contributed by atoms with van der Waals surface area (Å²) in [6, 6.07) is 15.3. The van der Waals surface area contributed by atoms with Crippen LogP contribution in [0.5, 0.6) is 11.5 Å². The van der Waals surface area contributed by atoms with Gasteiger partial charge in [0.15, 0.2) is 0 Å². The standard InChI is InChI=1S/C17H13NO4/c18-17(16(20)13-8-4-5-9-14(13)22-17)11-10-15(19)21-12-6-2-1-3-7-12/h1-11H,18H2/b11-10+. The van der Waals surface area contributed by atoms with Crippen LogP contribution in [-0.4, -0.2) is 17.5 Å². The molecular weight excluding hydrogens is 282 g/mol. The Labute approximate surface area is 127 Å². The molecule has 1 aliphatic heterocycles. The minimum absolute atomic E-state index is 0.395. The van der Waals surface area contributed by atoms with E-state index in [1.165, 1.54) is 6.08 Å². The van der Waals surface area contributed by atoms with Crippen molar-refractivity contribution in [3.63, 3.8) is 0 Å². The second-order valence-corrected chi connectivity index (χ2v) is 4.79. The van der Waals surface area contributed by atoms with E-state index in [-0.39, 0.29) is 0 Å². The highest BCUT2D eigenvalue weighted by Gasteiger charge is 2.42. The van der Waals surface area contributed by atoms with Crippen molar-refractivity contribution in [2.24, 2.45) is 5.73 Å². The quantitative estimate of drug-likeness (QED) is 0.533. The fourth-order valence-electron chi connectivity index (χ4n) is 2.12. The Morgan fingerprint density at radius 3 is 2.50 bits per heavy atom. The predicted molar refractivity (Wildman–Crippen MR) is 79.5 cm³/mol. The van der Waals surface area contributed by atoms with Crippen molar-refractivity contribution in [3.05, 3.63) is 72.3 Å². The number of hydrogen-bond donors (Lipinski definition) is 1. The number of ketones is 1. The third-order valence-electron chi connectivity index (χ3n) is 3.19. The summed E-state index contributed by atoms with van der Waals surface area (Å²) in [5, 5.41) is 0. The number of esters is 1. The number of rotatable bonds is 3. The van der Waals surface area contributed by atoms with Crippen molar-refractivity contribution in [1.29, 1.82) is 0 Å². The van der Waals surface area contributed by atoms with E-state index >= 15 is 0 Å². The Kier molecular flexibility index (Phi) is 3.48. The van der Waals surface area contributed by atoms with E-state index < -0.39 is 17.5 Å². The van der Waals surface area contributed by atoms with E-state index in [1.807, 2.05) is 6.07 Å². The van der Waals surface area contributed by atoms with Crippen LogP contribution in [0.25, 0.3) is 0 Å². The Balaban J connectivity index is 1.73. The highest BCUT2D eigenvalue weighted by Crippen LogP contribution is 2.32. The molecule has 0 aliphatic carbocycles. The maximum Gasteiger partial charge on any atom is 0.336 e. The van der Waals surface area contributed by atoms with Gasteiger partial charge in [-0.3, -0.25) is 10.5 Å². The van der Waals surface area contributed by atoms with Gasteiger partial charge in [-0.25, -0.2) is 4.79 Å². The maximum absolute atomic E-state index is 12.2. The molecule has 1 aliphatic rings. The average Bonchev–Trinajstić information content (AvgIpc) is 2.79. The fourth-order valence-corrected chi connectivity index (χ4v) is 2.12. The van der Waals surface area contributed by atoms with Gasteiger partial charge in [-0.05, 0) is 30.3 Å². The van der Waals surface area contributed by atoms with Crippen LogP contribution >= 0.6 is 0 Å². The molecule has 110 valence electrons. The molecule has 0 fully saturated rings. The highest BCUT2D eigenvalue weighted by atomic mass is 16.5. The summed E-state index contributed by atoms with van der Waals surface area (Å²) in [6.45, 7) is 0. The van der Waals surface area contributed by atoms with Gasteiger partial charge in [-0.2, -0.15) is 0 Å². The van der Waals surface area contributed by atoms with E-state index in [4.69, 9.17) is 15.2 Å². The number of fused-ring (bicyclic) bond motifs is 1. The topological polar surface area (TPSA) is 78.6 Å². The molecule has 1 atom stereocenters. The number of benzene rings is 2. The van der Waals surface area contributed by atoms with E-state index in [9.17, 15) is 9.59 Å². The van der Waals surface area contributed by atoms with Crippen LogP contribution in [0.3, 0.4) is 0 Å². The molecule has 0 amide bonds. The Bertz CT molecular complexity index is 754. The monoisotopic (exact) mass is 295 g/mol. The fraction of sp³-hybridized carbons (Fsp3) is 0.0588. The molecule has 0 saturated heterocycles. The van der Waals surface area contributed by atoms with Crippen LogP contribution < -0.4 is 15.2 Å². The van der Waals surface area contributed by atoms with E-state index in [0.717, 1.165) is 6.08 Å². The number of nitrogens with two attached hydrogens (primary N) is 1. The van der Waals surface area contributed by atoms with Crippen molar-refractivity contribution in [1.82, 2.24) is 0 Å². The Hall–Kier alpha value is -2.92. The first kappa shape index (κ1) is 14.0. The van der Waals surface area contributed by atoms with Gasteiger partial charge >= 0.3 is 5.97 Å². The van der Waals surface area contributed by atoms with Gasteiger partial charge in [0.05, 0.1) is 5.56 Å². The summed E-state index contributed by atoms with van der Waals surface area (Å²) in [5.74, 6) is -0.225. The number of hydrogen-bond acceptors (Lipinski definition) is 5. The second-order valence-electron chi connectivity index (χ2n) is 4.79. The lowest BCUT2D eigenvalue weighted by Gasteiger charge is -2.17. The first-order valence-electron chi connectivity index (χ1n) is 6.66. The molecule has 1 heterocycles. The molecule has 1 unspecified atom stereocenters. The molecule has 0 aromatic heterocycles. The molecule has 0 bridgehead atoms. The van der Waals surface area contributed by atoms with Crippen molar-refractivity contribution < 1.29 is 19.1 Å². The zero-order valence-corrected chi connectivity index (χ0v) is 11.6. The van der Waals surface area contributed by atoms with Crippen LogP contribution in [0.4, 0.5) is 0 Å². The van der Waals surface area contributed by atoms with Crippen molar-refractivity contribution in [2.45, 2.75) is 5.72 Å². The van der Waals surface area contributed by atoms with Gasteiger partial charge in [0.25, 0.3) is 0 Å². The molecule has 2 aromatic rings. The van der Waals surface area contributed by atoms with Crippen molar-refractivity contribution in [3.8, 4) is 11.5 Å². The summed E-state index contributed by atoms with van der Waals surface area (Å²) in [7, 11) is 0. The molecule has 0 saturated carbocycles. The Morgan fingerprint density at radius 2 is 1.77 bits per heavy atom. The summed E-state index contributed by atoms with van der Waals surface area (Å²) < 4.78 is 10.5. The molecule has 0 radical (unpaired) electrons. The third-order valence-corrected chi connectivity index (χ3v) is 3.19. The second kappa shape index (κ2) is 5.46. The van der Waals surface area contributed by atoms with Crippen LogP contribution in [0.1, 0.15) is 10.4 Å². The van der Waals surface area contributed by atoms with Crippen LogP contribution in [0.15, 0.2) is 66.7 Å². The van der Waals surface area contributed by atoms with Gasteiger partial charge in [0.1, 0.15) is 11.5 Å². The zero-order chi connectivity index (χ0) is 15.6. The molecule has 2 N–H and O–H groups in total. The van der Waals surface area contributed by atoms with Crippen LogP contribution in [0, 0.1) is 0 Å². The highest BCUT2D eigenvalue weighted by molar-refractivity contribution is 6.08. The molecule has 0 spiro atoms. The lowest BCUT2D eigenvalue weighted by molar-refractivity contribution is -0.129. The normalized spacial score (nSPS) is 19.8. The molecule has 22 heavy (non-hydrogen) atoms. The lowest BCUT2D eigenvalue weighted by Crippen LogP contribution is -2.47. The number of ether oxygens (including phenoxy) is 2. The maximum atomic E-state index is 12.2.